The number of halogens is 1. The molecule has 1 N–H and O–H groups in total. The molecular weight excluding hydrogens is 271 g/mol. The molecule has 0 aliphatic carbocycles. The van der Waals surface area contributed by atoms with Gasteiger partial charge in [-0.05, 0) is 43.9 Å². The SMILES string of the molecule is CNC(=O)C1(C)CCCN1C(=O)CCc1ccc(F)cc1. The zero-order valence-corrected chi connectivity index (χ0v) is 12.5. The normalized spacial score (nSPS) is 21.4. The van der Waals surface area contributed by atoms with Crippen LogP contribution >= 0.6 is 0 Å². The monoisotopic (exact) mass is 292 g/mol. The molecule has 1 fully saturated rings. The molecule has 2 rings (SSSR count). The van der Waals surface area contributed by atoms with Crippen LogP contribution in [0.5, 0.6) is 0 Å². The van der Waals surface area contributed by atoms with E-state index in [1.807, 2.05) is 6.92 Å². The maximum absolute atomic E-state index is 12.8. The molecule has 0 aromatic heterocycles. The first-order chi connectivity index (χ1) is 9.97. The number of carbonyl (C=O) groups is 2. The van der Waals surface area contributed by atoms with Gasteiger partial charge in [0.15, 0.2) is 0 Å². The van der Waals surface area contributed by atoms with Crippen LogP contribution in [0.2, 0.25) is 0 Å². The molecule has 2 amide bonds. The van der Waals surface area contributed by atoms with Crippen LogP contribution in [0.4, 0.5) is 4.39 Å². The lowest BCUT2D eigenvalue weighted by Crippen LogP contribution is -2.54. The van der Waals surface area contributed by atoms with Gasteiger partial charge in [0.1, 0.15) is 11.4 Å². The largest absolute Gasteiger partial charge is 0.357 e. The Labute approximate surface area is 124 Å². The number of hydrogen-bond acceptors (Lipinski definition) is 2. The number of carbonyl (C=O) groups excluding carboxylic acids is 2. The molecule has 1 heterocycles. The van der Waals surface area contributed by atoms with Crippen molar-refractivity contribution in [3.8, 4) is 0 Å². The standard InChI is InChI=1S/C16H21FN2O2/c1-16(15(21)18-2)10-3-11-19(16)14(20)9-6-12-4-7-13(17)8-5-12/h4-5,7-8H,3,6,9-11H2,1-2H3,(H,18,21). The third kappa shape index (κ3) is 3.23. The molecule has 1 aromatic rings. The smallest absolute Gasteiger partial charge is 0.245 e. The van der Waals surface area contributed by atoms with Crippen LogP contribution in [0.1, 0.15) is 31.7 Å². The molecule has 1 saturated heterocycles. The van der Waals surface area contributed by atoms with E-state index in [9.17, 15) is 14.0 Å². The van der Waals surface area contributed by atoms with Gasteiger partial charge < -0.3 is 10.2 Å². The van der Waals surface area contributed by atoms with E-state index in [-0.39, 0.29) is 17.6 Å². The number of benzene rings is 1. The lowest BCUT2D eigenvalue weighted by atomic mass is 9.97. The Balaban J connectivity index is 1.99. The van der Waals surface area contributed by atoms with E-state index in [1.54, 1.807) is 24.1 Å². The van der Waals surface area contributed by atoms with Crippen molar-refractivity contribution in [2.75, 3.05) is 13.6 Å². The molecule has 1 aliphatic heterocycles. The van der Waals surface area contributed by atoms with Crippen molar-refractivity contribution in [1.82, 2.24) is 10.2 Å². The summed E-state index contributed by atoms with van der Waals surface area (Å²) >= 11 is 0. The molecule has 1 aliphatic rings. The zero-order valence-electron chi connectivity index (χ0n) is 12.5. The predicted octanol–water partition coefficient (Wildman–Crippen LogP) is 1.89. The Morgan fingerprint density at radius 1 is 1.33 bits per heavy atom. The molecule has 4 nitrogen and oxygen atoms in total. The summed E-state index contributed by atoms with van der Waals surface area (Å²) in [7, 11) is 1.59. The molecule has 5 heteroatoms. The number of nitrogens with zero attached hydrogens (tertiary/aromatic N) is 1. The molecular formula is C16H21FN2O2. The van der Waals surface area contributed by atoms with Crippen LogP contribution < -0.4 is 5.32 Å². The van der Waals surface area contributed by atoms with Crippen molar-refractivity contribution in [2.24, 2.45) is 0 Å². The second kappa shape index (κ2) is 6.24. The van der Waals surface area contributed by atoms with Crippen molar-refractivity contribution in [2.45, 2.75) is 38.1 Å². The van der Waals surface area contributed by atoms with Crippen molar-refractivity contribution in [3.63, 3.8) is 0 Å². The van der Waals surface area contributed by atoms with Gasteiger partial charge in [0.05, 0.1) is 0 Å². The topological polar surface area (TPSA) is 49.4 Å². The van der Waals surface area contributed by atoms with Gasteiger partial charge >= 0.3 is 0 Å². The highest BCUT2D eigenvalue weighted by molar-refractivity contribution is 5.91. The number of hydrogen-bond donors (Lipinski definition) is 1. The second-order valence-electron chi connectivity index (χ2n) is 5.63. The van der Waals surface area contributed by atoms with Crippen LogP contribution in [0.25, 0.3) is 0 Å². The minimum absolute atomic E-state index is 0.0251. The van der Waals surface area contributed by atoms with Crippen molar-refractivity contribution in [1.29, 1.82) is 0 Å². The Bertz CT molecular complexity index is 530. The highest BCUT2D eigenvalue weighted by Gasteiger charge is 2.44. The fraction of sp³-hybridized carbons (Fsp3) is 0.500. The molecule has 1 atom stereocenters. The molecule has 0 bridgehead atoms. The zero-order chi connectivity index (χ0) is 15.5. The molecule has 0 radical (unpaired) electrons. The Morgan fingerprint density at radius 2 is 2.00 bits per heavy atom. The van der Waals surface area contributed by atoms with Crippen LogP contribution in [0.3, 0.4) is 0 Å². The Hall–Kier alpha value is -1.91. The van der Waals surface area contributed by atoms with Gasteiger partial charge in [-0.1, -0.05) is 12.1 Å². The van der Waals surface area contributed by atoms with Crippen LogP contribution in [0, 0.1) is 5.82 Å². The highest BCUT2D eigenvalue weighted by Crippen LogP contribution is 2.30. The summed E-state index contributed by atoms with van der Waals surface area (Å²) in [4.78, 5) is 26.1. The third-order valence-corrected chi connectivity index (χ3v) is 4.20. The minimum Gasteiger partial charge on any atom is -0.357 e. The lowest BCUT2D eigenvalue weighted by molar-refractivity contribution is -0.143. The second-order valence-corrected chi connectivity index (χ2v) is 5.63. The molecule has 114 valence electrons. The first-order valence-corrected chi connectivity index (χ1v) is 7.24. The van der Waals surface area contributed by atoms with Crippen molar-refractivity contribution < 1.29 is 14.0 Å². The van der Waals surface area contributed by atoms with Gasteiger partial charge in [-0.3, -0.25) is 9.59 Å². The van der Waals surface area contributed by atoms with Crippen LogP contribution in [-0.2, 0) is 16.0 Å². The fourth-order valence-electron chi connectivity index (χ4n) is 2.91. The van der Waals surface area contributed by atoms with Gasteiger partial charge in [-0.25, -0.2) is 4.39 Å². The van der Waals surface area contributed by atoms with Gasteiger partial charge in [-0.15, -0.1) is 0 Å². The molecule has 1 unspecified atom stereocenters. The number of likely N-dealkylation sites (tertiary alicyclic amines) is 1. The van der Waals surface area contributed by atoms with E-state index in [0.29, 0.717) is 25.8 Å². The van der Waals surface area contributed by atoms with E-state index < -0.39 is 5.54 Å². The first-order valence-electron chi connectivity index (χ1n) is 7.24. The van der Waals surface area contributed by atoms with E-state index in [0.717, 1.165) is 12.0 Å². The number of amides is 2. The van der Waals surface area contributed by atoms with Gasteiger partial charge in [0.25, 0.3) is 0 Å². The maximum Gasteiger partial charge on any atom is 0.245 e. The first kappa shape index (κ1) is 15.5. The van der Waals surface area contributed by atoms with E-state index in [4.69, 9.17) is 0 Å². The average Bonchev–Trinajstić information content (AvgIpc) is 2.88. The van der Waals surface area contributed by atoms with Crippen molar-refractivity contribution >= 4 is 11.8 Å². The van der Waals surface area contributed by atoms with Gasteiger partial charge in [0.2, 0.25) is 11.8 Å². The summed E-state index contributed by atoms with van der Waals surface area (Å²) in [6.45, 7) is 2.43. The number of aryl methyl sites for hydroxylation is 1. The van der Waals surface area contributed by atoms with E-state index in [2.05, 4.69) is 5.32 Å². The van der Waals surface area contributed by atoms with E-state index in [1.165, 1.54) is 12.1 Å². The maximum atomic E-state index is 12.8. The molecule has 21 heavy (non-hydrogen) atoms. The number of nitrogens with one attached hydrogen (secondary N) is 1. The third-order valence-electron chi connectivity index (χ3n) is 4.20. The highest BCUT2D eigenvalue weighted by atomic mass is 19.1. The summed E-state index contributed by atoms with van der Waals surface area (Å²) in [5.74, 6) is -0.421. The molecule has 0 spiro atoms. The van der Waals surface area contributed by atoms with Crippen LogP contribution in [-0.4, -0.2) is 35.8 Å². The average molecular weight is 292 g/mol. The summed E-state index contributed by atoms with van der Waals surface area (Å²) in [5, 5.41) is 2.64. The summed E-state index contributed by atoms with van der Waals surface area (Å²) in [6, 6.07) is 6.16. The Kier molecular flexibility index (Phi) is 4.60. The summed E-state index contributed by atoms with van der Waals surface area (Å²) < 4.78 is 12.8. The number of likely N-dealkylation sites (N-methyl/N-ethyl adjacent to an activating group) is 1. The van der Waals surface area contributed by atoms with Crippen LogP contribution in [0.15, 0.2) is 24.3 Å². The van der Waals surface area contributed by atoms with Gasteiger partial charge in [-0.2, -0.15) is 0 Å². The lowest BCUT2D eigenvalue weighted by Gasteiger charge is -2.33. The number of rotatable bonds is 4. The Morgan fingerprint density at radius 3 is 2.62 bits per heavy atom. The summed E-state index contributed by atoms with van der Waals surface area (Å²) in [5.41, 5.74) is 0.180. The fourth-order valence-corrected chi connectivity index (χ4v) is 2.91. The van der Waals surface area contributed by atoms with Gasteiger partial charge in [0, 0.05) is 20.0 Å². The summed E-state index contributed by atoms with van der Waals surface area (Å²) in [6.07, 6.45) is 2.42. The molecule has 1 aromatic carbocycles. The van der Waals surface area contributed by atoms with E-state index >= 15 is 0 Å². The predicted molar refractivity (Wildman–Crippen MR) is 78.1 cm³/mol. The quantitative estimate of drug-likeness (QED) is 0.921. The van der Waals surface area contributed by atoms with Crippen molar-refractivity contribution in [3.05, 3.63) is 35.6 Å². The minimum atomic E-state index is -0.741. The molecule has 0 saturated carbocycles.